The van der Waals surface area contributed by atoms with Gasteiger partial charge >= 0.3 is 12.6 Å². The van der Waals surface area contributed by atoms with Crippen LogP contribution in [0.5, 0.6) is 11.5 Å². The summed E-state index contributed by atoms with van der Waals surface area (Å²) in [6.07, 6.45) is 2.18. The lowest BCUT2D eigenvalue weighted by Crippen LogP contribution is -2.55. The van der Waals surface area contributed by atoms with Gasteiger partial charge in [0.05, 0.1) is 13.7 Å². The number of carbonyl (C=O) groups excluding carboxylic acids is 1. The molecule has 1 aliphatic heterocycles. The summed E-state index contributed by atoms with van der Waals surface area (Å²) in [5.74, 6) is 0.404. The summed E-state index contributed by atoms with van der Waals surface area (Å²) < 4.78 is 40.4. The molecule has 138 valence electrons. The zero-order valence-corrected chi connectivity index (χ0v) is 14.0. The number of piperazine rings is 1. The average molecular weight is 356 g/mol. The first-order valence-corrected chi connectivity index (χ1v) is 8.35. The largest absolute Gasteiger partial charge is 0.489 e. The van der Waals surface area contributed by atoms with Gasteiger partial charge in [0.15, 0.2) is 11.5 Å². The Morgan fingerprint density at radius 1 is 1.36 bits per heavy atom. The number of hydrogen-bond donors (Lipinski definition) is 1. The molecule has 2 fully saturated rings. The van der Waals surface area contributed by atoms with Gasteiger partial charge in [0.1, 0.15) is 6.04 Å². The number of nitrogens with one attached hydrogen (secondary N) is 1. The molecule has 0 spiro atoms. The molecule has 1 unspecified atom stereocenters. The van der Waals surface area contributed by atoms with Crippen molar-refractivity contribution < 1.29 is 27.8 Å². The van der Waals surface area contributed by atoms with E-state index in [-0.39, 0.29) is 17.5 Å². The number of anilines is 1. The maximum absolute atomic E-state index is 12.6. The number of nitrogens with zero attached hydrogens (tertiary/aromatic N) is 1. The van der Waals surface area contributed by atoms with Crippen molar-refractivity contribution in [3.05, 3.63) is 18.2 Å². The summed E-state index contributed by atoms with van der Waals surface area (Å²) in [7, 11) is 1.35. The van der Waals surface area contributed by atoms with Crippen LogP contribution < -0.4 is 19.7 Å². The summed E-state index contributed by atoms with van der Waals surface area (Å²) in [4.78, 5) is 13.9. The molecule has 0 amide bonds. The maximum Gasteiger partial charge on any atom is 0.387 e. The first-order valence-electron chi connectivity index (χ1n) is 8.35. The van der Waals surface area contributed by atoms with Gasteiger partial charge < -0.3 is 24.4 Å². The SMILES string of the molecule is COC(=O)C1CNCCN1c1ccc(OC(F)F)c(OCC2CC2)c1. The Kier molecular flexibility index (Phi) is 5.57. The van der Waals surface area contributed by atoms with Crippen LogP contribution in [0.3, 0.4) is 0 Å². The number of ether oxygens (including phenoxy) is 3. The molecule has 6 nitrogen and oxygen atoms in total. The molecule has 1 saturated carbocycles. The summed E-state index contributed by atoms with van der Waals surface area (Å²) in [6, 6.07) is 4.29. The number of hydrogen-bond acceptors (Lipinski definition) is 6. The molecule has 0 bridgehead atoms. The van der Waals surface area contributed by atoms with Gasteiger partial charge in [-0.1, -0.05) is 0 Å². The van der Waals surface area contributed by atoms with Gasteiger partial charge in [0.25, 0.3) is 0 Å². The second kappa shape index (κ2) is 7.86. The molecule has 2 aliphatic rings. The van der Waals surface area contributed by atoms with Gasteiger partial charge in [-0.2, -0.15) is 8.78 Å². The second-order valence-corrected chi connectivity index (χ2v) is 6.20. The van der Waals surface area contributed by atoms with Crippen molar-refractivity contribution in [2.24, 2.45) is 5.92 Å². The molecule has 1 saturated heterocycles. The highest BCUT2D eigenvalue weighted by atomic mass is 19.3. The third kappa shape index (κ3) is 4.50. The van der Waals surface area contributed by atoms with Crippen LogP contribution in [0.4, 0.5) is 14.5 Å². The minimum Gasteiger partial charge on any atom is -0.489 e. The molecule has 25 heavy (non-hydrogen) atoms. The van der Waals surface area contributed by atoms with E-state index < -0.39 is 12.7 Å². The van der Waals surface area contributed by atoms with Crippen LogP contribution in [0.2, 0.25) is 0 Å². The molecule has 0 aromatic heterocycles. The smallest absolute Gasteiger partial charge is 0.387 e. The van der Waals surface area contributed by atoms with E-state index in [4.69, 9.17) is 9.47 Å². The summed E-state index contributed by atoms with van der Waals surface area (Å²) in [6.45, 7) is -0.681. The van der Waals surface area contributed by atoms with Crippen molar-refractivity contribution in [2.45, 2.75) is 25.5 Å². The van der Waals surface area contributed by atoms with E-state index in [2.05, 4.69) is 10.1 Å². The van der Waals surface area contributed by atoms with E-state index in [0.29, 0.717) is 37.8 Å². The molecule has 8 heteroatoms. The maximum atomic E-state index is 12.6. The lowest BCUT2D eigenvalue weighted by molar-refractivity contribution is -0.142. The highest BCUT2D eigenvalue weighted by Crippen LogP contribution is 2.36. The molecular formula is C17H22F2N2O4. The van der Waals surface area contributed by atoms with E-state index >= 15 is 0 Å². The summed E-state index contributed by atoms with van der Waals surface area (Å²) in [5, 5.41) is 3.15. The fourth-order valence-corrected chi connectivity index (χ4v) is 2.83. The number of rotatable bonds is 7. The number of alkyl halides is 2. The number of methoxy groups -OCH3 is 1. The third-order valence-electron chi connectivity index (χ3n) is 4.36. The van der Waals surface area contributed by atoms with Crippen molar-refractivity contribution in [1.82, 2.24) is 5.32 Å². The normalized spacial score (nSPS) is 20.5. The summed E-state index contributed by atoms with van der Waals surface area (Å²) >= 11 is 0. The molecule has 1 aliphatic carbocycles. The van der Waals surface area contributed by atoms with E-state index in [9.17, 15) is 13.6 Å². The number of carbonyl (C=O) groups is 1. The molecule has 1 heterocycles. The zero-order chi connectivity index (χ0) is 17.8. The fourth-order valence-electron chi connectivity index (χ4n) is 2.83. The van der Waals surface area contributed by atoms with Crippen LogP contribution in [0.25, 0.3) is 0 Å². The molecule has 1 atom stereocenters. The zero-order valence-electron chi connectivity index (χ0n) is 14.0. The molecule has 1 N–H and O–H groups in total. The minimum absolute atomic E-state index is 0.00384. The first-order chi connectivity index (χ1) is 12.1. The van der Waals surface area contributed by atoms with Crippen LogP contribution in [0.15, 0.2) is 18.2 Å². The van der Waals surface area contributed by atoms with E-state index in [1.54, 1.807) is 12.1 Å². The standard InChI is InChI=1S/C17H22F2N2O4/c1-23-16(22)13-9-20-6-7-21(13)12-4-5-14(25-17(18)19)15(8-12)24-10-11-2-3-11/h4-5,8,11,13,17,20H,2-3,6-7,9-10H2,1H3. The Bertz CT molecular complexity index is 610. The van der Waals surface area contributed by atoms with Crippen LogP contribution in [-0.2, 0) is 9.53 Å². The lowest BCUT2D eigenvalue weighted by Gasteiger charge is -2.36. The van der Waals surface area contributed by atoms with E-state index in [0.717, 1.165) is 12.8 Å². The Hall–Kier alpha value is -2.09. The topological polar surface area (TPSA) is 60.0 Å². The Labute approximate surface area is 145 Å². The predicted octanol–water partition coefficient (Wildman–Crippen LogP) is 2.03. The molecular weight excluding hydrogens is 334 g/mol. The van der Waals surface area contributed by atoms with Gasteiger partial charge in [-0.05, 0) is 30.9 Å². The Morgan fingerprint density at radius 2 is 2.16 bits per heavy atom. The Balaban J connectivity index is 1.83. The van der Waals surface area contributed by atoms with Crippen molar-refractivity contribution in [3.63, 3.8) is 0 Å². The van der Waals surface area contributed by atoms with E-state index in [1.165, 1.54) is 13.2 Å². The van der Waals surface area contributed by atoms with Crippen LogP contribution in [-0.4, -0.2) is 52.0 Å². The minimum atomic E-state index is -2.92. The molecule has 1 aromatic rings. The van der Waals surface area contributed by atoms with Gasteiger partial charge in [-0.15, -0.1) is 0 Å². The number of esters is 1. The first kappa shape index (κ1) is 17.7. The van der Waals surface area contributed by atoms with E-state index in [1.807, 2.05) is 4.90 Å². The van der Waals surface area contributed by atoms with Gasteiger partial charge in [-0.3, -0.25) is 0 Å². The van der Waals surface area contributed by atoms with Crippen molar-refractivity contribution in [2.75, 3.05) is 38.3 Å². The monoisotopic (exact) mass is 356 g/mol. The van der Waals surface area contributed by atoms with Gasteiger partial charge in [0.2, 0.25) is 0 Å². The highest BCUT2D eigenvalue weighted by Gasteiger charge is 2.30. The molecule has 0 radical (unpaired) electrons. The van der Waals surface area contributed by atoms with Crippen LogP contribution >= 0.6 is 0 Å². The van der Waals surface area contributed by atoms with Crippen LogP contribution in [0, 0.1) is 5.92 Å². The van der Waals surface area contributed by atoms with Crippen LogP contribution in [0.1, 0.15) is 12.8 Å². The van der Waals surface area contributed by atoms with Crippen molar-refractivity contribution in [3.8, 4) is 11.5 Å². The molecule has 1 aromatic carbocycles. The predicted molar refractivity (Wildman–Crippen MR) is 87.3 cm³/mol. The van der Waals surface area contributed by atoms with Gasteiger partial charge in [-0.25, -0.2) is 4.79 Å². The number of benzene rings is 1. The van der Waals surface area contributed by atoms with Crippen molar-refractivity contribution in [1.29, 1.82) is 0 Å². The number of halogens is 2. The molecule has 3 rings (SSSR count). The lowest BCUT2D eigenvalue weighted by atomic mass is 10.1. The quantitative estimate of drug-likeness (QED) is 0.755. The highest BCUT2D eigenvalue weighted by molar-refractivity contribution is 5.81. The second-order valence-electron chi connectivity index (χ2n) is 6.20. The fraction of sp³-hybridized carbons (Fsp3) is 0.588. The third-order valence-corrected chi connectivity index (χ3v) is 4.36. The Morgan fingerprint density at radius 3 is 2.84 bits per heavy atom. The van der Waals surface area contributed by atoms with Gasteiger partial charge in [0, 0.05) is 31.4 Å². The average Bonchev–Trinajstić information content (AvgIpc) is 3.44. The van der Waals surface area contributed by atoms with Crippen molar-refractivity contribution >= 4 is 11.7 Å². The summed E-state index contributed by atoms with van der Waals surface area (Å²) in [5.41, 5.74) is 0.712.